The van der Waals surface area contributed by atoms with Crippen molar-refractivity contribution in [3.8, 4) is 0 Å². The number of fused-ring (bicyclic) bond motifs is 2. The number of hydrogen-bond acceptors (Lipinski definition) is 5. The van der Waals surface area contributed by atoms with Gasteiger partial charge in [-0.15, -0.1) is 10.2 Å². The van der Waals surface area contributed by atoms with Crippen LogP contribution in [0.2, 0.25) is 0 Å². The highest BCUT2D eigenvalue weighted by Gasteiger charge is 2.46. The number of aromatic nitrogens is 3. The zero-order chi connectivity index (χ0) is 28.1. The Kier molecular flexibility index (Phi) is 7.79. The molecule has 0 amide bonds. The van der Waals surface area contributed by atoms with Crippen LogP contribution in [0.1, 0.15) is 74.1 Å². The van der Waals surface area contributed by atoms with E-state index in [1.807, 2.05) is 0 Å². The van der Waals surface area contributed by atoms with Crippen molar-refractivity contribution >= 4 is 10.0 Å². The zero-order valence-corrected chi connectivity index (χ0v) is 22.9. The Morgan fingerprint density at radius 3 is 2.08 bits per heavy atom. The summed E-state index contributed by atoms with van der Waals surface area (Å²) in [5.74, 6) is -2.08. The van der Waals surface area contributed by atoms with Crippen molar-refractivity contribution in [2.24, 2.45) is 5.92 Å². The van der Waals surface area contributed by atoms with Crippen LogP contribution in [0.25, 0.3) is 0 Å². The molecule has 3 fully saturated rings. The third-order valence-electron chi connectivity index (χ3n) is 8.89. The van der Waals surface area contributed by atoms with E-state index in [2.05, 4.69) is 15.1 Å². The molecule has 0 spiro atoms. The van der Waals surface area contributed by atoms with E-state index >= 15 is 0 Å². The average Bonchev–Trinajstić information content (AvgIpc) is 3.34. The normalized spacial score (nSPS) is 26.3. The highest BCUT2D eigenvalue weighted by molar-refractivity contribution is 7.88. The Morgan fingerprint density at radius 2 is 1.54 bits per heavy atom. The molecule has 5 rings (SSSR count). The van der Waals surface area contributed by atoms with Gasteiger partial charge in [-0.25, -0.2) is 21.5 Å². The quantitative estimate of drug-likeness (QED) is 0.440. The van der Waals surface area contributed by atoms with Gasteiger partial charge in [-0.1, -0.05) is 0 Å². The van der Waals surface area contributed by atoms with Crippen LogP contribution in [0.4, 0.5) is 22.0 Å². The molecule has 2 bridgehead atoms. The SMILES string of the molecule is Cc1nnc(C(F)(F)F)n1C1CC2CCC(C1)N2CC[C@@H](c1cc(F)cc(F)c1)C1CCN(S(C)(=O)=O)CC1. The number of piperidine rings is 2. The van der Waals surface area contributed by atoms with E-state index in [9.17, 15) is 30.4 Å². The van der Waals surface area contributed by atoms with E-state index in [-0.39, 0.29) is 35.8 Å². The number of alkyl halides is 3. The average molecular weight is 576 g/mol. The first-order valence-corrected chi connectivity index (χ1v) is 15.3. The molecular weight excluding hydrogens is 541 g/mol. The van der Waals surface area contributed by atoms with Gasteiger partial charge in [0.1, 0.15) is 17.5 Å². The molecule has 3 saturated heterocycles. The minimum atomic E-state index is -4.57. The van der Waals surface area contributed by atoms with Gasteiger partial charge in [0, 0.05) is 37.3 Å². The predicted molar refractivity (Wildman–Crippen MR) is 134 cm³/mol. The molecule has 0 saturated carbocycles. The van der Waals surface area contributed by atoms with Crippen molar-refractivity contribution in [1.82, 2.24) is 24.0 Å². The molecule has 39 heavy (non-hydrogen) atoms. The number of aryl methyl sites for hydroxylation is 1. The molecule has 0 radical (unpaired) electrons. The van der Waals surface area contributed by atoms with Crippen molar-refractivity contribution in [2.75, 3.05) is 25.9 Å². The molecule has 216 valence electrons. The van der Waals surface area contributed by atoms with Crippen molar-refractivity contribution in [3.05, 3.63) is 47.0 Å². The zero-order valence-electron chi connectivity index (χ0n) is 22.0. The topological polar surface area (TPSA) is 71.3 Å². The van der Waals surface area contributed by atoms with Crippen LogP contribution in [0, 0.1) is 24.5 Å². The predicted octanol–water partition coefficient (Wildman–Crippen LogP) is 4.90. The fourth-order valence-corrected chi connectivity index (χ4v) is 8.06. The maximum absolute atomic E-state index is 14.2. The first kappa shape index (κ1) is 28.4. The fraction of sp³-hybridized carbons (Fsp3) is 0.692. The summed E-state index contributed by atoms with van der Waals surface area (Å²) in [6, 6.07) is 3.46. The lowest BCUT2D eigenvalue weighted by molar-refractivity contribution is -0.148. The summed E-state index contributed by atoms with van der Waals surface area (Å²) in [7, 11) is -3.30. The van der Waals surface area contributed by atoms with Crippen LogP contribution >= 0.6 is 0 Å². The standard InChI is InChI=1S/C26H34F5N5O2S/c1-16-32-33-25(26(29,30)31)36(16)23-14-21-3-4-22(15-23)35(21)10-7-24(18-11-19(27)13-20(28)12-18)17-5-8-34(9-6-17)39(2,37)38/h11-13,17,21-24H,3-10,14-15H2,1-2H3/t21?,22?,23?,24-/m1/s1. The summed E-state index contributed by atoms with van der Waals surface area (Å²) < 4.78 is 95.8. The van der Waals surface area contributed by atoms with Crippen molar-refractivity contribution < 1.29 is 30.4 Å². The van der Waals surface area contributed by atoms with Gasteiger partial charge in [-0.3, -0.25) is 4.90 Å². The molecular formula is C26H34F5N5O2S. The van der Waals surface area contributed by atoms with Gasteiger partial charge >= 0.3 is 6.18 Å². The third-order valence-corrected chi connectivity index (χ3v) is 10.2. The second-order valence-electron chi connectivity index (χ2n) is 11.3. The summed E-state index contributed by atoms with van der Waals surface area (Å²) in [6.07, 6.45) is 1.32. The molecule has 3 atom stereocenters. The lowest BCUT2D eigenvalue weighted by atomic mass is 9.78. The van der Waals surface area contributed by atoms with Gasteiger partial charge in [-0.05, 0) is 87.9 Å². The molecule has 7 nitrogen and oxygen atoms in total. The lowest BCUT2D eigenvalue weighted by Crippen LogP contribution is -2.45. The van der Waals surface area contributed by atoms with E-state index in [1.54, 1.807) is 6.92 Å². The van der Waals surface area contributed by atoms with Gasteiger partial charge in [0.25, 0.3) is 0 Å². The first-order chi connectivity index (χ1) is 18.3. The van der Waals surface area contributed by atoms with Crippen LogP contribution in [-0.4, -0.2) is 70.4 Å². The van der Waals surface area contributed by atoms with Crippen LogP contribution in [0.15, 0.2) is 18.2 Å². The second kappa shape index (κ2) is 10.7. The van der Waals surface area contributed by atoms with Gasteiger partial charge in [0.15, 0.2) is 0 Å². The maximum atomic E-state index is 14.2. The number of benzene rings is 1. The number of halogens is 5. The molecule has 2 aromatic rings. The first-order valence-electron chi connectivity index (χ1n) is 13.5. The molecule has 3 aliphatic heterocycles. The van der Waals surface area contributed by atoms with Crippen molar-refractivity contribution in [1.29, 1.82) is 0 Å². The van der Waals surface area contributed by atoms with E-state index < -0.39 is 33.7 Å². The third kappa shape index (κ3) is 6.00. The monoisotopic (exact) mass is 575 g/mol. The summed E-state index contributed by atoms with van der Waals surface area (Å²) in [5.41, 5.74) is 0.572. The summed E-state index contributed by atoms with van der Waals surface area (Å²) >= 11 is 0. The Morgan fingerprint density at radius 1 is 0.949 bits per heavy atom. The Hall–Kier alpha value is -2.12. The van der Waals surface area contributed by atoms with Crippen LogP contribution in [-0.2, 0) is 16.2 Å². The molecule has 1 aromatic heterocycles. The summed E-state index contributed by atoms with van der Waals surface area (Å²) in [6.45, 7) is 2.95. The van der Waals surface area contributed by atoms with Gasteiger partial charge in [-0.2, -0.15) is 13.2 Å². The van der Waals surface area contributed by atoms with Crippen LogP contribution in [0.5, 0.6) is 0 Å². The van der Waals surface area contributed by atoms with Crippen LogP contribution in [0.3, 0.4) is 0 Å². The van der Waals surface area contributed by atoms with Gasteiger partial charge in [0.05, 0.1) is 6.26 Å². The smallest absolute Gasteiger partial charge is 0.304 e. The van der Waals surface area contributed by atoms with E-state index in [4.69, 9.17) is 0 Å². The van der Waals surface area contributed by atoms with Gasteiger partial charge < -0.3 is 4.57 Å². The Bertz CT molecular complexity index is 1260. The second-order valence-corrected chi connectivity index (χ2v) is 13.3. The summed E-state index contributed by atoms with van der Waals surface area (Å²) in [5, 5.41) is 7.11. The highest BCUT2D eigenvalue weighted by atomic mass is 32.2. The molecule has 3 aliphatic rings. The molecule has 0 aliphatic carbocycles. The molecule has 0 N–H and O–H groups in total. The number of sulfonamides is 1. The maximum Gasteiger partial charge on any atom is 0.451 e. The number of nitrogens with zero attached hydrogens (tertiary/aromatic N) is 5. The highest BCUT2D eigenvalue weighted by Crippen LogP contribution is 2.44. The minimum absolute atomic E-state index is 0.0633. The van der Waals surface area contributed by atoms with Crippen molar-refractivity contribution in [3.63, 3.8) is 0 Å². The molecule has 2 unspecified atom stereocenters. The van der Waals surface area contributed by atoms with Gasteiger partial charge in [0.2, 0.25) is 15.8 Å². The summed E-state index contributed by atoms with van der Waals surface area (Å²) in [4.78, 5) is 2.36. The largest absolute Gasteiger partial charge is 0.451 e. The number of hydrogen-bond donors (Lipinski definition) is 0. The van der Waals surface area contributed by atoms with E-state index in [1.165, 1.54) is 27.3 Å². The fourth-order valence-electron chi connectivity index (χ4n) is 7.18. The van der Waals surface area contributed by atoms with E-state index in [0.717, 1.165) is 18.9 Å². The Balaban J connectivity index is 1.31. The minimum Gasteiger partial charge on any atom is -0.304 e. The molecule has 1 aromatic carbocycles. The molecule has 13 heteroatoms. The lowest BCUT2D eigenvalue weighted by Gasteiger charge is -2.41. The van der Waals surface area contributed by atoms with Crippen molar-refractivity contribution in [2.45, 2.75) is 82.1 Å². The number of rotatable bonds is 7. The molecule has 4 heterocycles. The van der Waals surface area contributed by atoms with E-state index in [0.29, 0.717) is 57.3 Å². The van der Waals surface area contributed by atoms with Crippen LogP contribution < -0.4 is 0 Å². The Labute approximate surface area is 225 Å².